The van der Waals surface area contributed by atoms with Gasteiger partial charge in [0, 0.05) is 5.56 Å². The molecule has 0 saturated carbocycles. The summed E-state index contributed by atoms with van der Waals surface area (Å²) in [6.45, 7) is 0. The Hall–Kier alpha value is -3.29. The molecule has 148 valence electrons. The molecule has 0 fully saturated rings. The van der Waals surface area contributed by atoms with Gasteiger partial charge in [0.25, 0.3) is 0 Å². The van der Waals surface area contributed by atoms with Crippen molar-refractivity contribution in [1.82, 2.24) is 4.98 Å². The molecule has 0 bridgehead atoms. The smallest absolute Gasteiger partial charge is 0.416 e. The highest BCUT2D eigenvalue weighted by Gasteiger charge is 2.37. The molecule has 0 amide bonds. The lowest BCUT2D eigenvalue weighted by Crippen LogP contribution is -2.11. The third-order valence-corrected chi connectivity index (χ3v) is 4.32. The van der Waals surface area contributed by atoms with E-state index in [4.69, 9.17) is 4.42 Å². The maximum Gasteiger partial charge on any atom is 0.416 e. The molecule has 0 N–H and O–H groups in total. The number of para-hydroxylation sites is 2. The van der Waals surface area contributed by atoms with Gasteiger partial charge in [0.2, 0.25) is 5.89 Å². The minimum absolute atomic E-state index is 0.105. The molecule has 0 aliphatic heterocycles. The summed E-state index contributed by atoms with van der Waals surface area (Å²) in [7, 11) is 0. The molecule has 0 aliphatic rings. The number of benzene rings is 3. The van der Waals surface area contributed by atoms with Crippen molar-refractivity contribution in [2.75, 3.05) is 0 Å². The van der Waals surface area contributed by atoms with Crippen LogP contribution < -0.4 is 0 Å². The highest BCUT2D eigenvalue weighted by molar-refractivity contribution is 5.77. The number of rotatable bonds is 2. The minimum Gasteiger partial charge on any atom is -0.436 e. The Morgan fingerprint density at radius 1 is 0.621 bits per heavy atom. The predicted molar refractivity (Wildman–Crippen MR) is 94.9 cm³/mol. The summed E-state index contributed by atoms with van der Waals surface area (Å²) in [4.78, 5) is 4.30. The average molecular weight is 407 g/mol. The summed E-state index contributed by atoms with van der Waals surface area (Å²) in [5.41, 5.74) is -1.21. The number of nitrogens with zero attached hydrogens (tertiary/aromatic N) is 1. The summed E-state index contributed by atoms with van der Waals surface area (Å²) < 4.78 is 84.4. The van der Waals surface area contributed by atoms with Gasteiger partial charge in [-0.2, -0.15) is 26.3 Å². The van der Waals surface area contributed by atoms with E-state index in [0.29, 0.717) is 28.8 Å². The number of hydrogen-bond acceptors (Lipinski definition) is 2. The van der Waals surface area contributed by atoms with Crippen LogP contribution in [0.5, 0.6) is 0 Å². The maximum atomic E-state index is 13.1. The van der Waals surface area contributed by atoms with Crippen LogP contribution in [-0.2, 0) is 12.4 Å². The van der Waals surface area contributed by atoms with Gasteiger partial charge < -0.3 is 4.42 Å². The fourth-order valence-corrected chi connectivity index (χ4v) is 2.95. The van der Waals surface area contributed by atoms with Gasteiger partial charge in [-0.25, -0.2) is 4.98 Å². The van der Waals surface area contributed by atoms with Crippen LogP contribution in [-0.4, -0.2) is 4.98 Å². The summed E-state index contributed by atoms with van der Waals surface area (Å²) in [6, 6.07) is 14.5. The van der Waals surface area contributed by atoms with Crippen molar-refractivity contribution in [2.24, 2.45) is 0 Å². The molecule has 3 aromatic carbocycles. The lowest BCUT2D eigenvalue weighted by Gasteiger charge is -2.14. The molecule has 0 aliphatic carbocycles. The second kappa shape index (κ2) is 6.65. The fourth-order valence-electron chi connectivity index (χ4n) is 2.95. The lowest BCUT2D eigenvalue weighted by molar-refractivity contribution is -0.143. The Labute approximate surface area is 160 Å². The van der Waals surface area contributed by atoms with E-state index in [1.807, 2.05) is 0 Å². The van der Waals surface area contributed by atoms with Gasteiger partial charge in [0.05, 0.1) is 11.1 Å². The van der Waals surface area contributed by atoms with Crippen LogP contribution in [0, 0.1) is 0 Å². The molecule has 0 unspecified atom stereocenters. The van der Waals surface area contributed by atoms with Crippen LogP contribution >= 0.6 is 0 Å². The SMILES string of the molecule is FC(F)(F)c1cc(-c2cccc(-c3nc4ccccc4o3)c2)cc(C(F)(F)F)c1. The van der Waals surface area contributed by atoms with Crippen molar-refractivity contribution in [1.29, 1.82) is 0 Å². The molecule has 4 rings (SSSR count). The zero-order valence-corrected chi connectivity index (χ0v) is 14.5. The molecule has 2 nitrogen and oxygen atoms in total. The van der Waals surface area contributed by atoms with Crippen molar-refractivity contribution in [2.45, 2.75) is 12.4 Å². The van der Waals surface area contributed by atoms with Gasteiger partial charge >= 0.3 is 12.4 Å². The molecule has 0 saturated heterocycles. The molecular formula is C21H11F6NO. The summed E-state index contributed by atoms with van der Waals surface area (Å²) in [6.07, 6.45) is -9.82. The minimum atomic E-state index is -4.91. The van der Waals surface area contributed by atoms with E-state index in [9.17, 15) is 26.3 Å². The van der Waals surface area contributed by atoms with E-state index in [0.717, 1.165) is 0 Å². The van der Waals surface area contributed by atoms with Crippen LogP contribution in [0.4, 0.5) is 26.3 Å². The quantitative estimate of drug-likeness (QED) is 0.329. The molecule has 1 aromatic heterocycles. The van der Waals surface area contributed by atoms with Gasteiger partial charge in [-0.05, 0) is 53.6 Å². The standard InChI is InChI=1S/C21H11F6NO/c22-20(23,24)15-9-14(10-16(11-15)21(25,26)27)12-4-3-5-13(8-12)19-28-17-6-1-2-7-18(17)29-19/h1-11H. The number of aromatic nitrogens is 1. The van der Waals surface area contributed by atoms with Crippen molar-refractivity contribution in [3.63, 3.8) is 0 Å². The van der Waals surface area contributed by atoms with Gasteiger partial charge in [-0.1, -0.05) is 24.3 Å². The molecule has 1 heterocycles. The van der Waals surface area contributed by atoms with Gasteiger partial charge in [0.1, 0.15) is 5.52 Å². The number of halogens is 6. The zero-order valence-electron chi connectivity index (χ0n) is 14.5. The van der Waals surface area contributed by atoms with Crippen molar-refractivity contribution < 1.29 is 30.8 Å². The van der Waals surface area contributed by atoms with E-state index in [2.05, 4.69) is 4.98 Å². The van der Waals surface area contributed by atoms with Crippen LogP contribution in [0.1, 0.15) is 11.1 Å². The molecule has 0 radical (unpaired) electrons. The van der Waals surface area contributed by atoms with E-state index < -0.39 is 23.5 Å². The van der Waals surface area contributed by atoms with Crippen LogP contribution in [0.3, 0.4) is 0 Å². The van der Waals surface area contributed by atoms with Crippen molar-refractivity contribution in [3.8, 4) is 22.6 Å². The molecule has 29 heavy (non-hydrogen) atoms. The van der Waals surface area contributed by atoms with E-state index in [-0.39, 0.29) is 23.1 Å². The maximum absolute atomic E-state index is 13.1. The van der Waals surface area contributed by atoms with Gasteiger partial charge in [0.15, 0.2) is 5.58 Å². The van der Waals surface area contributed by atoms with Gasteiger partial charge in [-0.15, -0.1) is 0 Å². The Morgan fingerprint density at radius 3 is 1.86 bits per heavy atom. The second-order valence-corrected chi connectivity index (χ2v) is 6.36. The third-order valence-electron chi connectivity index (χ3n) is 4.32. The number of alkyl halides is 6. The van der Waals surface area contributed by atoms with Crippen LogP contribution in [0.15, 0.2) is 71.1 Å². The first kappa shape index (κ1) is 19.0. The Morgan fingerprint density at radius 2 is 1.24 bits per heavy atom. The Bertz CT molecular complexity index is 1120. The molecule has 0 atom stereocenters. The third kappa shape index (κ3) is 3.83. The molecule has 8 heteroatoms. The topological polar surface area (TPSA) is 26.0 Å². The first-order chi connectivity index (χ1) is 13.6. The Balaban J connectivity index is 1.84. The number of hydrogen-bond donors (Lipinski definition) is 0. The largest absolute Gasteiger partial charge is 0.436 e. The van der Waals surface area contributed by atoms with Crippen molar-refractivity contribution >= 4 is 11.1 Å². The van der Waals surface area contributed by atoms with Crippen LogP contribution in [0.2, 0.25) is 0 Å². The monoisotopic (exact) mass is 407 g/mol. The number of fused-ring (bicyclic) bond motifs is 1. The van der Waals surface area contributed by atoms with E-state index in [1.165, 1.54) is 18.2 Å². The normalized spacial score (nSPS) is 12.5. The lowest BCUT2D eigenvalue weighted by atomic mass is 9.98. The second-order valence-electron chi connectivity index (χ2n) is 6.36. The summed E-state index contributed by atoms with van der Waals surface area (Å²) in [5, 5.41) is 0. The van der Waals surface area contributed by atoms with Crippen molar-refractivity contribution in [3.05, 3.63) is 77.9 Å². The fraction of sp³-hybridized carbons (Fsp3) is 0.0952. The predicted octanol–water partition coefficient (Wildman–Crippen LogP) is 7.20. The first-order valence-corrected chi connectivity index (χ1v) is 8.37. The number of oxazole rings is 1. The van der Waals surface area contributed by atoms with E-state index >= 15 is 0 Å². The zero-order chi connectivity index (χ0) is 20.8. The average Bonchev–Trinajstić information content (AvgIpc) is 3.11. The molecular weight excluding hydrogens is 396 g/mol. The van der Waals surface area contributed by atoms with Crippen LogP contribution in [0.25, 0.3) is 33.7 Å². The molecule has 0 spiro atoms. The first-order valence-electron chi connectivity index (χ1n) is 8.37. The molecule has 4 aromatic rings. The van der Waals surface area contributed by atoms with E-state index in [1.54, 1.807) is 30.3 Å². The highest BCUT2D eigenvalue weighted by Crippen LogP contribution is 2.39. The Kier molecular flexibility index (Phi) is 4.37. The summed E-state index contributed by atoms with van der Waals surface area (Å²) in [5.74, 6) is 0.219. The summed E-state index contributed by atoms with van der Waals surface area (Å²) >= 11 is 0. The van der Waals surface area contributed by atoms with Gasteiger partial charge in [-0.3, -0.25) is 0 Å². The highest BCUT2D eigenvalue weighted by atomic mass is 19.4.